The number of carbonyl (C=O) groups is 1. The molecule has 0 bridgehead atoms. The third-order valence-electron chi connectivity index (χ3n) is 2.85. The van der Waals surface area contributed by atoms with Gasteiger partial charge in [0.05, 0.1) is 13.2 Å². The predicted molar refractivity (Wildman–Crippen MR) is 67.8 cm³/mol. The highest BCUT2D eigenvalue weighted by atomic mass is 32.1. The lowest BCUT2D eigenvalue weighted by Crippen LogP contribution is -2.36. The fourth-order valence-electron chi connectivity index (χ4n) is 2.07. The summed E-state index contributed by atoms with van der Waals surface area (Å²) in [6.07, 6.45) is 1.85. The van der Waals surface area contributed by atoms with Crippen LogP contribution in [-0.4, -0.2) is 40.3 Å². The summed E-state index contributed by atoms with van der Waals surface area (Å²) in [7, 11) is 0. The molecule has 1 aromatic heterocycles. The number of hydrogen-bond acceptors (Lipinski definition) is 8. The summed E-state index contributed by atoms with van der Waals surface area (Å²) in [6.45, 7) is 3.74. The Kier molecular flexibility index (Phi) is 4.45. The first-order valence-electron chi connectivity index (χ1n) is 5.94. The van der Waals surface area contributed by atoms with E-state index in [9.17, 15) is 4.79 Å². The number of nitrogen functional groups attached to an aromatic ring is 1. The van der Waals surface area contributed by atoms with Gasteiger partial charge in [0, 0.05) is 0 Å². The second-order valence-corrected chi connectivity index (χ2v) is 5.09. The first-order chi connectivity index (χ1) is 8.74. The highest BCUT2D eigenvalue weighted by Crippen LogP contribution is 2.23. The van der Waals surface area contributed by atoms with Crippen molar-refractivity contribution in [3.8, 4) is 0 Å². The highest BCUT2D eigenvalue weighted by molar-refractivity contribution is 7.15. The quantitative estimate of drug-likeness (QED) is 0.453. The lowest BCUT2D eigenvalue weighted by atomic mass is 10.2. The van der Waals surface area contributed by atoms with Crippen molar-refractivity contribution < 1.29 is 9.53 Å². The van der Waals surface area contributed by atoms with E-state index >= 15 is 0 Å². The SMILES string of the molecule is CCOC(=O)C1CCCN1Cc1nnc(NN)s1. The molecule has 100 valence electrons. The zero-order valence-corrected chi connectivity index (χ0v) is 11.1. The van der Waals surface area contributed by atoms with Crippen molar-refractivity contribution in [2.24, 2.45) is 5.84 Å². The summed E-state index contributed by atoms with van der Waals surface area (Å²) in [5.74, 6) is 5.11. The lowest BCUT2D eigenvalue weighted by Gasteiger charge is -2.21. The van der Waals surface area contributed by atoms with Gasteiger partial charge in [-0.2, -0.15) is 0 Å². The largest absolute Gasteiger partial charge is 0.465 e. The van der Waals surface area contributed by atoms with Gasteiger partial charge in [-0.3, -0.25) is 15.1 Å². The molecule has 1 unspecified atom stereocenters. The summed E-state index contributed by atoms with van der Waals surface area (Å²) < 4.78 is 5.07. The van der Waals surface area contributed by atoms with E-state index in [0.29, 0.717) is 18.3 Å². The fraction of sp³-hybridized carbons (Fsp3) is 0.700. The Hall–Kier alpha value is -1.25. The van der Waals surface area contributed by atoms with Gasteiger partial charge in [0.15, 0.2) is 0 Å². The van der Waals surface area contributed by atoms with E-state index in [2.05, 4.69) is 20.5 Å². The number of hydrogen-bond donors (Lipinski definition) is 2. The third kappa shape index (κ3) is 2.95. The van der Waals surface area contributed by atoms with Gasteiger partial charge in [-0.25, -0.2) is 5.84 Å². The van der Waals surface area contributed by atoms with Crippen LogP contribution in [0, 0.1) is 0 Å². The van der Waals surface area contributed by atoms with E-state index in [-0.39, 0.29) is 12.0 Å². The molecule has 2 rings (SSSR count). The number of nitrogens with zero attached hydrogens (tertiary/aromatic N) is 3. The Morgan fingerprint density at radius 1 is 1.67 bits per heavy atom. The molecule has 0 spiro atoms. The van der Waals surface area contributed by atoms with Gasteiger partial charge in [-0.1, -0.05) is 11.3 Å². The standard InChI is InChI=1S/C10H17N5O2S/c1-2-17-9(16)7-4-3-5-15(7)6-8-13-14-10(12-11)18-8/h7H,2-6,11H2,1H3,(H,12,14). The van der Waals surface area contributed by atoms with E-state index in [1.54, 1.807) is 0 Å². The number of hydrazine groups is 1. The van der Waals surface area contributed by atoms with Crippen molar-refractivity contribution >= 4 is 22.4 Å². The molecule has 0 aromatic carbocycles. The van der Waals surface area contributed by atoms with Crippen LogP contribution in [0.25, 0.3) is 0 Å². The summed E-state index contributed by atoms with van der Waals surface area (Å²) in [5.41, 5.74) is 2.46. The number of anilines is 1. The van der Waals surface area contributed by atoms with Gasteiger partial charge >= 0.3 is 5.97 Å². The van der Waals surface area contributed by atoms with E-state index in [4.69, 9.17) is 10.6 Å². The van der Waals surface area contributed by atoms with Crippen molar-refractivity contribution in [1.82, 2.24) is 15.1 Å². The molecule has 0 amide bonds. The van der Waals surface area contributed by atoms with Crippen LogP contribution in [-0.2, 0) is 16.1 Å². The summed E-state index contributed by atoms with van der Waals surface area (Å²) >= 11 is 1.39. The number of esters is 1. The first-order valence-corrected chi connectivity index (χ1v) is 6.76. The zero-order chi connectivity index (χ0) is 13.0. The molecule has 0 aliphatic carbocycles. The van der Waals surface area contributed by atoms with E-state index < -0.39 is 0 Å². The predicted octanol–water partition coefficient (Wildman–Crippen LogP) is 0.351. The number of carbonyl (C=O) groups excluding carboxylic acids is 1. The Labute approximate surface area is 109 Å². The molecule has 2 heterocycles. The molecule has 1 fully saturated rings. The Balaban J connectivity index is 1.97. The number of nitrogens with one attached hydrogen (secondary N) is 1. The first kappa shape index (κ1) is 13.2. The minimum Gasteiger partial charge on any atom is -0.465 e. The van der Waals surface area contributed by atoms with Crippen molar-refractivity contribution in [2.45, 2.75) is 32.4 Å². The maximum absolute atomic E-state index is 11.8. The summed E-state index contributed by atoms with van der Waals surface area (Å²) in [5, 5.41) is 9.32. The van der Waals surface area contributed by atoms with Crippen molar-refractivity contribution in [3.05, 3.63) is 5.01 Å². The molecule has 0 saturated carbocycles. The zero-order valence-electron chi connectivity index (χ0n) is 10.3. The van der Waals surface area contributed by atoms with Crippen LogP contribution in [0.15, 0.2) is 0 Å². The van der Waals surface area contributed by atoms with Crippen LogP contribution in [0.4, 0.5) is 5.13 Å². The smallest absolute Gasteiger partial charge is 0.323 e. The molecule has 8 heteroatoms. The lowest BCUT2D eigenvalue weighted by molar-refractivity contribution is -0.148. The minimum absolute atomic E-state index is 0.142. The molecule has 7 nitrogen and oxygen atoms in total. The van der Waals surface area contributed by atoms with Crippen LogP contribution in [0.3, 0.4) is 0 Å². The fourth-order valence-corrected chi connectivity index (χ4v) is 2.75. The van der Waals surface area contributed by atoms with Gasteiger partial charge in [-0.05, 0) is 26.3 Å². The van der Waals surface area contributed by atoms with Crippen molar-refractivity contribution in [3.63, 3.8) is 0 Å². The number of aromatic nitrogens is 2. The van der Waals surface area contributed by atoms with Crippen molar-refractivity contribution in [1.29, 1.82) is 0 Å². The van der Waals surface area contributed by atoms with Crippen LogP contribution in [0.2, 0.25) is 0 Å². The van der Waals surface area contributed by atoms with Crippen molar-refractivity contribution in [2.75, 3.05) is 18.6 Å². The number of rotatable bonds is 5. The maximum atomic E-state index is 11.8. The Morgan fingerprint density at radius 2 is 2.50 bits per heavy atom. The molecule has 1 atom stereocenters. The molecule has 1 saturated heterocycles. The Morgan fingerprint density at radius 3 is 3.17 bits per heavy atom. The van der Waals surface area contributed by atoms with Gasteiger partial charge in [-0.15, -0.1) is 10.2 Å². The monoisotopic (exact) mass is 271 g/mol. The molecule has 1 aromatic rings. The third-order valence-corrected chi connectivity index (χ3v) is 3.69. The molecule has 1 aliphatic heterocycles. The van der Waals surface area contributed by atoms with E-state index in [0.717, 1.165) is 24.4 Å². The molecular formula is C10H17N5O2S. The second kappa shape index (κ2) is 6.07. The van der Waals surface area contributed by atoms with Crippen LogP contribution < -0.4 is 11.3 Å². The molecule has 1 aliphatic rings. The number of ether oxygens (including phenoxy) is 1. The number of likely N-dealkylation sites (tertiary alicyclic amines) is 1. The normalized spacial score (nSPS) is 20.0. The summed E-state index contributed by atoms with van der Waals surface area (Å²) in [4.78, 5) is 13.9. The second-order valence-electron chi connectivity index (χ2n) is 4.03. The van der Waals surface area contributed by atoms with Gasteiger partial charge in [0.1, 0.15) is 11.0 Å². The highest BCUT2D eigenvalue weighted by Gasteiger charge is 2.32. The van der Waals surface area contributed by atoms with Crippen LogP contribution in [0.1, 0.15) is 24.8 Å². The van der Waals surface area contributed by atoms with Gasteiger partial charge in [0.25, 0.3) is 0 Å². The maximum Gasteiger partial charge on any atom is 0.323 e. The molecular weight excluding hydrogens is 254 g/mol. The van der Waals surface area contributed by atoms with Gasteiger partial charge in [0.2, 0.25) is 5.13 Å². The van der Waals surface area contributed by atoms with Crippen LogP contribution >= 0.6 is 11.3 Å². The Bertz CT molecular complexity index is 411. The average molecular weight is 271 g/mol. The van der Waals surface area contributed by atoms with Crippen LogP contribution in [0.5, 0.6) is 0 Å². The van der Waals surface area contributed by atoms with E-state index in [1.807, 2.05) is 6.92 Å². The molecule has 3 N–H and O–H groups in total. The number of nitrogens with two attached hydrogens (primary N) is 1. The minimum atomic E-state index is -0.150. The topological polar surface area (TPSA) is 93.4 Å². The van der Waals surface area contributed by atoms with E-state index in [1.165, 1.54) is 11.3 Å². The van der Waals surface area contributed by atoms with Gasteiger partial charge < -0.3 is 4.74 Å². The summed E-state index contributed by atoms with van der Waals surface area (Å²) in [6, 6.07) is -0.150. The average Bonchev–Trinajstić information content (AvgIpc) is 2.99. The molecule has 0 radical (unpaired) electrons. The molecule has 18 heavy (non-hydrogen) atoms.